The average Bonchev–Trinajstić information content (AvgIpc) is 2.44. The Morgan fingerprint density at radius 1 is 1.14 bits per heavy atom. The Hall–Kier alpha value is -2.37. The van der Waals surface area contributed by atoms with Crippen LogP contribution in [-0.2, 0) is 20.8 Å². The third-order valence-corrected chi connectivity index (χ3v) is 3.04. The van der Waals surface area contributed by atoms with Crippen LogP contribution in [0.5, 0.6) is 0 Å². The van der Waals surface area contributed by atoms with Crippen molar-refractivity contribution in [2.45, 2.75) is 38.1 Å². The summed E-state index contributed by atoms with van der Waals surface area (Å²) in [5.41, 5.74) is 6.29. The van der Waals surface area contributed by atoms with Crippen molar-refractivity contribution in [1.82, 2.24) is 5.32 Å². The molecule has 0 aliphatic carbocycles. The Morgan fingerprint density at radius 2 is 1.81 bits per heavy atom. The first-order valence-electron chi connectivity index (χ1n) is 6.83. The summed E-state index contributed by atoms with van der Waals surface area (Å²) < 4.78 is 0. The van der Waals surface area contributed by atoms with Gasteiger partial charge < -0.3 is 16.2 Å². The third kappa shape index (κ3) is 7.10. The number of carboxylic acids is 1. The van der Waals surface area contributed by atoms with Gasteiger partial charge in [-0.3, -0.25) is 14.4 Å². The van der Waals surface area contributed by atoms with E-state index in [0.29, 0.717) is 6.42 Å². The average molecular weight is 292 g/mol. The van der Waals surface area contributed by atoms with Gasteiger partial charge in [-0.15, -0.1) is 0 Å². The minimum Gasteiger partial charge on any atom is -0.481 e. The van der Waals surface area contributed by atoms with E-state index in [1.807, 2.05) is 30.3 Å². The number of primary amides is 1. The molecule has 0 radical (unpaired) electrons. The van der Waals surface area contributed by atoms with Gasteiger partial charge in [0.15, 0.2) is 0 Å². The van der Waals surface area contributed by atoms with Gasteiger partial charge in [0.05, 0.1) is 0 Å². The number of nitrogens with two attached hydrogens (primary N) is 1. The number of carbonyl (C=O) groups excluding carboxylic acids is 2. The summed E-state index contributed by atoms with van der Waals surface area (Å²) in [5, 5.41) is 11.1. The maximum absolute atomic E-state index is 11.7. The summed E-state index contributed by atoms with van der Waals surface area (Å²) in [6.45, 7) is 0. The number of aliphatic carboxylic acids is 1. The highest BCUT2D eigenvalue weighted by Crippen LogP contribution is 2.05. The van der Waals surface area contributed by atoms with Gasteiger partial charge in [-0.25, -0.2) is 0 Å². The Balaban J connectivity index is 2.33. The summed E-state index contributed by atoms with van der Waals surface area (Å²) >= 11 is 0. The molecule has 21 heavy (non-hydrogen) atoms. The molecule has 0 unspecified atom stereocenters. The molecule has 0 saturated carbocycles. The maximum Gasteiger partial charge on any atom is 0.303 e. The van der Waals surface area contributed by atoms with Crippen LogP contribution in [0.25, 0.3) is 0 Å². The van der Waals surface area contributed by atoms with Crippen molar-refractivity contribution in [2.24, 2.45) is 5.73 Å². The summed E-state index contributed by atoms with van der Waals surface area (Å²) in [6, 6.07) is 8.84. The van der Waals surface area contributed by atoms with Crippen LogP contribution in [0.1, 0.15) is 31.2 Å². The molecule has 0 aliphatic heterocycles. The van der Waals surface area contributed by atoms with Crippen LogP contribution >= 0.6 is 0 Å². The normalized spacial score (nSPS) is 11.6. The fourth-order valence-electron chi connectivity index (χ4n) is 1.92. The zero-order chi connectivity index (χ0) is 15.7. The van der Waals surface area contributed by atoms with Crippen molar-refractivity contribution in [3.63, 3.8) is 0 Å². The first-order valence-corrected chi connectivity index (χ1v) is 6.83. The lowest BCUT2D eigenvalue weighted by Gasteiger charge is -2.14. The maximum atomic E-state index is 11.7. The quantitative estimate of drug-likeness (QED) is 0.626. The van der Waals surface area contributed by atoms with E-state index in [2.05, 4.69) is 5.32 Å². The Morgan fingerprint density at radius 3 is 2.38 bits per heavy atom. The van der Waals surface area contributed by atoms with E-state index in [1.165, 1.54) is 0 Å². The predicted octanol–water partition coefficient (Wildman–Crippen LogP) is 0.844. The van der Waals surface area contributed by atoms with Crippen LogP contribution in [-0.4, -0.2) is 28.9 Å². The topological polar surface area (TPSA) is 109 Å². The summed E-state index contributed by atoms with van der Waals surface area (Å²) in [4.78, 5) is 33.4. The second kappa shape index (κ2) is 8.73. The molecule has 0 heterocycles. The van der Waals surface area contributed by atoms with Crippen LogP contribution in [0.3, 0.4) is 0 Å². The van der Waals surface area contributed by atoms with Gasteiger partial charge in [-0.05, 0) is 24.8 Å². The molecule has 0 aliphatic rings. The molecule has 1 atom stereocenters. The van der Waals surface area contributed by atoms with E-state index >= 15 is 0 Å². The molecule has 0 spiro atoms. The second-order valence-corrected chi connectivity index (χ2v) is 4.79. The minimum atomic E-state index is -1.03. The summed E-state index contributed by atoms with van der Waals surface area (Å²) in [7, 11) is 0. The van der Waals surface area contributed by atoms with E-state index in [9.17, 15) is 14.4 Å². The molecule has 4 N–H and O–H groups in total. The third-order valence-electron chi connectivity index (χ3n) is 3.04. The molecule has 0 saturated heterocycles. The monoisotopic (exact) mass is 292 g/mol. The van der Waals surface area contributed by atoms with Gasteiger partial charge in [-0.2, -0.15) is 0 Å². The van der Waals surface area contributed by atoms with Crippen LogP contribution in [0.2, 0.25) is 0 Å². The number of benzene rings is 1. The highest BCUT2D eigenvalue weighted by Gasteiger charge is 2.18. The van der Waals surface area contributed by atoms with Crippen molar-refractivity contribution >= 4 is 17.8 Å². The number of amides is 2. The van der Waals surface area contributed by atoms with E-state index in [-0.39, 0.29) is 25.2 Å². The van der Waals surface area contributed by atoms with Gasteiger partial charge in [-0.1, -0.05) is 30.3 Å². The lowest BCUT2D eigenvalue weighted by molar-refractivity contribution is -0.137. The first kappa shape index (κ1) is 16.7. The molecule has 114 valence electrons. The number of carboxylic acid groups (broad SMARTS) is 1. The lowest BCUT2D eigenvalue weighted by Crippen LogP contribution is -2.44. The van der Waals surface area contributed by atoms with Crippen LogP contribution < -0.4 is 11.1 Å². The smallest absolute Gasteiger partial charge is 0.303 e. The molecule has 0 bridgehead atoms. The predicted molar refractivity (Wildman–Crippen MR) is 77.4 cm³/mol. The van der Waals surface area contributed by atoms with Crippen LogP contribution in [0.4, 0.5) is 0 Å². The fraction of sp³-hybridized carbons (Fsp3) is 0.400. The van der Waals surface area contributed by atoms with Crippen molar-refractivity contribution in [1.29, 1.82) is 0 Å². The van der Waals surface area contributed by atoms with Crippen molar-refractivity contribution in [3.8, 4) is 0 Å². The minimum absolute atomic E-state index is 0.00902. The molecular formula is C15H20N2O4. The van der Waals surface area contributed by atoms with E-state index in [1.54, 1.807) is 0 Å². The van der Waals surface area contributed by atoms with Crippen molar-refractivity contribution in [2.75, 3.05) is 0 Å². The molecule has 1 rings (SSSR count). The number of carbonyl (C=O) groups is 3. The van der Waals surface area contributed by atoms with Crippen molar-refractivity contribution < 1.29 is 19.5 Å². The van der Waals surface area contributed by atoms with E-state index in [0.717, 1.165) is 12.0 Å². The van der Waals surface area contributed by atoms with Gasteiger partial charge in [0.25, 0.3) is 0 Å². The van der Waals surface area contributed by atoms with Crippen LogP contribution in [0, 0.1) is 0 Å². The lowest BCUT2D eigenvalue weighted by atomic mass is 10.1. The zero-order valence-electron chi connectivity index (χ0n) is 11.7. The molecule has 6 nitrogen and oxygen atoms in total. The summed E-state index contributed by atoms with van der Waals surface area (Å²) in [5.74, 6) is -2.03. The van der Waals surface area contributed by atoms with Crippen LogP contribution in [0.15, 0.2) is 30.3 Å². The molecule has 6 heteroatoms. The number of nitrogens with one attached hydrogen (secondary N) is 1. The SMILES string of the molecule is NC(=O)[C@H](CCC(=O)O)NC(=O)CCCc1ccccc1. The molecule has 0 aromatic heterocycles. The summed E-state index contributed by atoms with van der Waals surface area (Å²) in [6.07, 6.45) is 1.49. The number of hydrogen-bond acceptors (Lipinski definition) is 3. The molecule has 0 fully saturated rings. The number of rotatable bonds is 9. The van der Waals surface area contributed by atoms with Gasteiger partial charge in [0.2, 0.25) is 11.8 Å². The largest absolute Gasteiger partial charge is 0.481 e. The Bertz CT molecular complexity index is 488. The van der Waals surface area contributed by atoms with Gasteiger partial charge in [0.1, 0.15) is 6.04 Å². The zero-order valence-corrected chi connectivity index (χ0v) is 11.7. The molecule has 2 amide bonds. The second-order valence-electron chi connectivity index (χ2n) is 4.79. The molecule has 1 aromatic carbocycles. The van der Waals surface area contributed by atoms with Gasteiger partial charge in [0, 0.05) is 12.8 Å². The molecular weight excluding hydrogens is 272 g/mol. The Labute approximate surface area is 123 Å². The van der Waals surface area contributed by atoms with Gasteiger partial charge >= 0.3 is 5.97 Å². The van der Waals surface area contributed by atoms with E-state index in [4.69, 9.17) is 10.8 Å². The number of aryl methyl sites for hydroxylation is 1. The first-order chi connectivity index (χ1) is 9.99. The van der Waals surface area contributed by atoms with E-state index < -0.39 is 17.9 Å². The fourth-order valence-corrected chi connectivity index (χ4v) is 1.92. The highest BCUT2D eigenvalue weighted by molar-refractivity contribution is 5.86. The highest BCUT2D eigenvalue weighted by atomic mass is 16.4. The number of hydrogen-bond donors (Lipinski definition) is 3. The molecule has 1 aromatic rings. The standard InChI is InChI=1S/C15H20N2O4/c16-15(21)12(9-10-14(19)20)17-13(18)8-4-7-11-5-2-1-3-6-11/h1-3,5-6,12H,4,7-10H2,(H2,16,21)(H,17,18)(H,19,20)/t12-/m0/s1. The Kier molecular flexibility index (Phi) is 6.94. The van der Waals surface area contributed by atoms with Crippen molar-refractivity contribution in [3.05, 3.63) is 35.9 Å².